The molecule has 0 heterocycles. The lowest BCUT2D eigenvalue weighted by atomic mass is 9.95. The Morgan fingerprint density at radius 3 is 2.38 bits per heavy atom. The molecule has 0 radical (unpaired) electrons. The Labute approximate surface area is 127 Å². The number of urea groups is 1. The molecule has 1 aliphatic rings. The lowest BCUT2D eigenvalue weighted by Gasteiger charge is -2.24. The average molecular weight is 298 g/mol. The van der Waals surface area contributed by atoms with Gasteiger partial charge in [-0.3, -0.25) is 4.79 Å². The van der Waals surface area contributed by atoms with Crippen LogP contribution in [0.5, 0.6) is 0 Å². The number of nitrogens with one attached hydrogen (secondary N) is 2. The van der Waals surface area contributed by atoms with Gasteiger partial charge in [-0.05, 0) is 38.5 Å². The molecule has 3 unspecified atom stereocenters. The Bertz CT molecular complexity index is 344. The third kappa shape index (κ3) is 6.82. The fourth-order valence-electron chi connectivity index (χ4n) is 2.87. The summed E-state index contributed by atoms with van der Waals surface area (Å²) in [5, 5.41) is 15.1. The molecule has 0 aromatic rings. The van der Waals surface area contributed by atoms with Crippen LogP contribution >= 0.6 is 0 Å². The zero-order valence-electron chi connectivity index (χ0n) is 13.5. The lowest BCUT2D eigenvalue weighted by Crippen LogP contribution is -2.49. The Morgan fingerprint density at radius 1 is 1.10 bits per heavy atom. The van der Waals surface area contributed by atoms with Crippen molar-refractivity contribution in [1.82, 2.24) is 10.6 Å². The van der Waals surface area contributed by atoms with Crippen molar-refractivity contribution in [2.45, 2.75) is 77.8 Å². The third-order valence-corrected chi connectivity index (χ3v) is 4.20. The van der Waals surface area contributed by atoms with Crippen LogP contribution in [0.4, 0.5) is 4.79 Å². The molecule has 1 rings (SSSR count). The van der Waals surface area contributed by atoms with E-state index < -0.39 is 11.9 Å². The van der Waals surface area contributed by atoms with Crippen molar-refractivity contribution in [2.24, 2.45) is 11.8 Å². The van der Waals surface area contributed by atoms with Crippen LogP contribution in [-0.4, -0.2) is 29.2 Å². The van der Waals surface area contributed by atoms with Crippen LogP contribution in [0, 0.1) is 11.8 Å². The second-order valence-corrected chi connectivity index (χ2v) is 6.68. The minimum Gasteiger partial charge on any atom is -0.481 e. The van der Waals surface area contributed by atoms with Gasteiger partial charge in [-0.2, -0.15) is 0 Å². The van der Waals surface area contributed by atoms with Gasteiger partial charge in [0.25, 0.3) is 0 Å². The lowest BCUT2D eigenvalue weighted by molar-refractivity contribution is -0.142. The Morgan fingerprint density at radius 2 is 1.76 bits per heavy atom. The van der Waals surface area contributed by atoms with Crippen LogP contribution < -0.4 is 10.6 Å². The van der Waals surface area contributed by atoms with E-state index in [9.17, 15) is 14.7 Å². The maximum absolute atomic E-state index is 12.0. The molecule has 0 saturated heterocycles. The van der Waals surface area contributed by atoms with E-state index in [1.807, 2.05) is 6.92 Å². The van der Waals surface area contributed by atoms with Gasteiger partial charge in [0.2, 0.25) is 0 Å². The number of amides is 2. The number of hydrogen-bond donors (Lipinski definition) is 3. The van der Waals surface area contributed by atoms with Gasteiger partial charge >= 0.3 is 12.0 Å². The molecule has 122 valence electrons. The zero-order chi connectivity index (χ0) is 15.8. The number of rotatable bonds is 6. The highest BCUT2D eigenvalue weighted by atomic mass is 16.4. The van der Waals surface area contributed by atoms with E-state index in [0.717, 1.165) is 38.5 Å². The molecule has 3 N–H and O–H groups in total. The van der Waals surface area contributed by atoms with Crippen molar-refractivity contribution in [3.8, 4) is 0 Å². The number of hydrogen-bond acceptors (Lipinski definition) is 2. The fraction of sp³-hybridized carbons (Fsp3) is 0.875. The predicted molar refractivity (Wildman–Crippen MR) is 83.2 cm³/mol. The van der Waals surface area contributed by atoms with Crippen LogP contribution in [0.15, 0.2) is 0 Å². The average Bonchev–Trinajstić information content (AvgIpc) is 2.61. The Hall–Kier alpha value is -1.26. The van der Waals surface area contributed by atoms with E-state index in [4.69, 9.17) is 0 Å². The molecule has 0 aliphatic heterocycles. The highest BCUT2D eigenvalue weighted by Crippen LogP contribution is 2.23. The predicted octanol–water partition coefficient (Wildman–Crippen LogP) is 3.14. The maximum Gasteiger partial charge on any atom is 0.315 e. The van der Waals surface area contributed by atoms with Gasteiger partial charge in [-0.1, -0.05) is 33.1 Å². The number of aliphatic carboxylic acids is 1. The molecular weight excluding hydrogens is 268 g/mol. The van der Waals surface area contributed by atoms with Gasteiger partial charge in [0.05, 0.1) is 5.92 Å². The monoisotopic (exact) mass is 298 g/mol. The van der Waals surface area contributed by atoms with Gasteiger partial charge in [-0.25, -0.2) is 4.79 Å². The fourth-order valence-corrected chi connectivity index (χ4v) is 2.87. The van der Waals surface area contributed by atoms with Crippen LogP contribution in [-0.2, 0) is 4.79 Å². The molecule has 2 amide bonds. The summed E-state index contributed by atoms with van der Waals surface area (Å²) < 4.78 is 0. The van der Waals surface area contributed by atoms with Gasteiger partial charge in [0, 0.05) is 12.1 Å². The van der Waals surface area contributed by atoms with E-state index in [1.54, 1.807) is 0 Å². The van der Waals surface area contributed by atoms with Crippen LogP contribution in [0.1, 0.15) is 65.7 Å². The molecule has 0 spiro atoms. The smallest absolute Gasteiger partial charge is 0.315 e. The molecule has 1 saturated carbocycles. The summed E-state index contributed by atoms with van der Waals surface area (Å²) in [4.78, 5) is 23.4. The van der Waals surface area contributed by atoms with Crippen molar-refractivity contribution >= 4 is 12.0 Å². The van der Waals surface area contributed by atoms with E-state index in [-0.39, 0.29) is 18.1 Å². The summed E-state index contributed by atoms with van der Waals surface area (Å²) in [7, 11) is 0. The van der Waals surface area contributed by atoms with Crippen molar-refractivity contribution in [2.75, 3.05) is 0 Å². The van der Waals surface area contributed by atoms with Crippen LogP contribution in [0.3, 0.4) is 0 Å². The normalized spacial score (nSPS) is 24.2. The quantitative estimate of drug-likeness (QED) is 0.659. The summed E-state index contributed by atoms with van der Waals surface area (Å²) in [5.41, 5.74) is 0. The van der Waals surface area contributed by atoms with Gasteiger partial charge in [0.1, 0.15) is 0 Å². The van der Waals surface area contributed by atoms with Crippen molar-refractivity contribution in [3.63, 3.8) is 0 Å². The highest BCUT2D eigenvalue weighted by molar-refractivity contribution is 5.76. The molecule has 21 heavy (non-hydrogen) atoms. The summed E-state index contributed by atoms with van der Waals surface area (Å²) in [6.45, 7) is 6.31. The molecule has 0 bridgehead atoms. The van der Waals surface area contributed by atoms with E-state index >= 15 is 0 Å². The Kier molecular flexibility index (Phi) is 7.54. The minimum atomic E-state index is -0.796. The number of carboxylic acid groups (broad SMARTS) is 1. The Balaban J connectivity index is 2.45. The van der Waals surface area contributed by atoms with Gasteiger partial charge in [-0.15, -0.1) is 0 Å². The topological polar surface area (TPSA) is 78.4 Å². The van der Waals surface area contributed by atoms with Crippen molar-refractivity contribution in [3.05, 3.63) is 0 Å². The molecule has 1 aliphatic carbocycles. The highest BCUT2D eigenvalue weighted by Gasteiger charge is 2.30. The van der Waals surface area contributed by atoms with Crippen molar-refractivity contribution in [1.29, 1.82) is 0 Å². The van der Waals surface area contributed by atoms with Gasteiger partial charge < -0.3 is 15.7 Å². The standard InChI is InChI=1S/C16H30N2O3/c1-11(2)9-10-12(3)17-16(21)18-14-8-6-4-5-7-13(14)15(19)20/h11-14H,4-10H2,1-3H3,(H,19,20)(H2,17,18,21). The van der Waals surface area contributed by atoms with Crippen LogP contribution in [0.2, 0.25) is 0 Å². The molecule has 0 aromatic heterocycles. The second kappa shape index (κ2) is 8.90. The third-order valence-electron chi connectivity index (χ3n) is 4.20. The zero-order valence-corrected chi connectivity index (χ0v) is 13.5. The van der Waals surface area contributed by atoms with Gasteiger partial charge in [0.15, 0.2) is 0 Å². The minimum absolute atomic E-state index is 0.112. The first-order chi connectivity index (χ1) is 9.90. The van der Waals surface area contributed by atoms with E-state index in [2.05, 4.69) is 24.5 Å². The summed E-state index contributed by atoms with van der Waals surface area (Å²) in [6, 6.07) is -0.367. The molecule has 1 fully saturated rings. The first kappa shape index (κ1) is 17.8. The summed E-state index contributed by atoms with van der Waals surface area (Å²) in [5.74, 6) is -0.630. The molecule has 0 aromatic carbocycles. The van der Waals surface area contributed by atoms with Crippen LogP contribution in [0.25, 0.3) is 0 Å². The molecule has 5 nitrogen and oxygen atoms in total. The molecule has 5 heteroatoms. The second-order valence-electron chi connectivity index (χ2n) is 6.68. The molecule has 3 atom stereocenters. The van der Waals surface area contributed by atoms with E-state index in [0.29, 0.717) is 12.3 Å². The first-order valence-electron chi connectivity index (χ1n) is 8.20. The number of carboxylic acids is 1. The van der Waals surface area contributed by atoms with Crippen molar-refractivity contribution < 1.29 is 14.7 Å². The summed E-state index contributed by atoms with van der Waals surface area (Å²) in [6.07, 6.45) is 6.39. The molecular formula is C16H30N2O3. The maximum atomic E-state index is 12.0. The van der Waals surface area contributed by atoms with E-state index in [1.165, 1.54) is 0 Å². The first-order valence-corrected chi connectivity index (χ1v) is 8.20. The largest absolute Gasteiger partial charge is 0.481 e. The number of carbonyl (C=O) groups excluding carboxylic acids is 1. The SMILES string of the molecule is CC(C)CCC(C)NC(=O)NC1CCCCCC1C(=O)O. The summed E-state index contributed by atoms with van der Waals surface area (Å²) >= 11 is 0. The number of carbonyl (C=O) groups is 2.